The highest BCUT2D eigenvalue weighted by Crippen LogP contribution is 2.35. The Morgan fingerprint density at radius 3 is 2.42 bits per heavy atom. The summed E-state index contributed by atoms with van der Waals surface area (Å²) >= 11 is 0. The molecule has 0 saturated heterocycles. The van der Waals surface area contributed by atoms with E-state index in [2.05, 4.69) is 16.6 Å². The third-order valence-corrected chi connectivity index (χ3v) is 9.01. The van der Waals surface area contributed by atoms with Gasteiger partial charge in [0, 0.05) is 23.8 Å². The average molecular weight is 554 g/mol. The van der Waals surface area contributed by atoms with E-state index in [0.29, 0.717) is 19.4 Å². The predicted octanol–water partition coefficient (Wildman–Crippen LogP) is 6.47. The fraction of sp³-hybridized carbons (Fsp3) is 0.273. The third-order valence-electron chi connectivity index (χ3n) is 7.52. The lowest BCUT2D eigenvalue weighted by atomic mass is 9.87. The second kappa shape index (κ2) is 12.1. The number of aromatic nitrogens is 1. The van der Waals surface area contributed by atoms with Gasteiger partial charge in [-0.2, -0.15) is 0 Å². The quantitative estimate of drug-likeness (QED) is 0.258. The van der Waals surface area contributed by atoms with Gasteiger partial charge in [0.1, 0.15) is 0 Å². The van der Waals surface area contributed by atoms with Crippen LogP contribution in [0.2, 0.25) is 0 Å². The van der Waals surface area contributed by atoms with Crippen molar-refractivity contribution in [3.05, 3.63) is 125 Å². The summed E-state index contributed by atoms with van der Waals surface area (Å²) < 4.78 is 29.3. The number of nitrogens with zero attached hydrogens (tertiary/aromatic N) is 2. The lowest BCUT2D eigenvalue weighted by Gasteiger charge is -2.30. The molecule has 5 rings (SSSR count). The third kappa shape index (κ3) is 6.49. The maximum Gasteiger partial charge on any atom is 0.241 e. The lowest BCUT2D eigenvalue weighted by Crippen LogP contribution is -2.33. The van der Waals surface area contributed by atoms with Crippen LogP contribution in [0.15, 0.2) is 102 Å². The van der Waals surface area contributed by atoms with Gasteiger partial charge in [-0.25, -0.2) is 13.1 Å². The van der Waals surface area contributed by atoms with Crippen molar-refractivity contribution >= 4 is 21.6 Å². The number of anilines is 1. The number of aryl methyl sites for hydroxylation is 2. The van der Waals surface area contributed by atoms with Crippen molar-refractivity contribution in [2.24, 2.45) is 0 Å². The summed E-state index contributed by atoms with van der Waals surface area (Å²) in [4.78, 5) is 20.6. The number of pyridine rings is 1. The Bertz CT molecular complexity index is 1570. The molecule has 0 aliphatic heterocycles. The van der Waals surface area contributed by atoms with Crippen molar-refractivity contribution in [1.82, 2.24) is 9.71 Å². The van der Waals surface area contributed by atoms with Crippen molar-refractivity contribution in [2.45, 2.75) is 62.9 Å². The molecule has 1 heterocycles. The standard InChI is InChI=1S/C33H35N3O3S/c1-24(26-12-5-3-6-13-26)21-33(37)36(23-28-15-9-11-25(2)34-28)29-20-19-27-14-10-18-32(31(27)22-29)35-40(38,39)30-16-7-4-8-17-30/h3-9,11-13,15-17,19-20,22,24,32,35H,10,14,18,21,23H2,1-2H3/t24-,32+/m1/s1. The molecule has 0 spiro atoms. The SMILES string of the molecule is Cc1cccc(CN(C(=O)C[C@@H](C)c2ccccc2)c2ccc3c(c2)[C@@H](NS(=O)(=O)c2ccccc2)CCC3)n1. The number of rotatable bonds is 9. The first-order valence-corrected chi connectivity index (χ1v) is 15.3. The molecular weight excluding hydrogens is 518 g/mol. The molecule has 0 unspecified atom stereocenters. The van der Waals surface area contributed by atoms with Gasteiger partial charge in [-0.3, -0.25) is 9.78 Å². The second-order valence-electron chi connectivity index (χ2n) is 10.5. The second-order valence-corrected chi connectivity index (χ2v) is 12.2. The molecule has 40 heavy (non-hydrogen) atoms. The van der Waals surface area contributed by atoms with Crippen LogP contribution < -0.4 is 9.62 Å². The number of carbonyl (C=O) groups is 1. The van der Waals surface area contributed by atoms with Crippen LogP contribution in [0.3, 0.4) is 0 Å². The van der Waals surface area contributed by atoms with E-state index in [1.165, 1.54) is 0 Å². The van der Waals surface area contributed by atoms with Crippen molar-refractivity contribution in [2.75, 3.05) is 4.90 Å². The Morgan fingerprint density at radius 2 is 1.70 bits per heavy atom. The van der Waals surface area contributed by atoms with Crippen molar-refractivity contribution in [3.63, 3.8) is 0 Å². The van der Waals surface area contributed by atoms with E-state index in [-0.39, 0.29) is 22.8 Å². The number of fused-ring (bicyclic) bond motifs is 1. The highest BCUT2D eigenvalue weighted by molar-refractivity contribution is 7.89. The normalized spacial score (nSPS) is 15.7. The lowest BCUT2D eigenvalue weighted by molar-refractivity contribution is -0.119. The van der Waals surface area contributed by atoms with Gasteiger partial charge < -0.3 is 4.90 Å². The van der Waals surface area contributed by atoms with Gasteiger partial charge >= 0.3 is 0 Å². The predicted molar refractivity (Wildman–Crippen MR) is 159 cm³/mol. The monoisotopic (exact) mass is 553 g/mol. The Morgan fingerprint density at radius 1 is 0.975 bits per heavy atom. The van der Waals surface area contributed by atoms with Crippen LogP contribution in [0.4, 0.5) is 5.69 Å². The van der Waals surface area contributed by atoms with Crippen LogP contribution in [-0.4, -0.2) is 19.3 Å². The smallest absolute Gasteiger partial charge is 0.241 e. The molecule has 206 valence electrons. The molecule has 1 amide bonds. The van der Waals surface area contributed by atoms with E-state index in [1.54, 1.807) is 35.2 Å². The van der Waals surface area contributed by atoms with E-state index < -0.39 is 10.0 Å². The summed E-state index contributed by atoms with van der Waals surface area (Å²) in [6, 6.07) is 30.0. The van der Waals surface area contributed by atoms with E-state index >= 15 is 0 Å². The average Bonchev–Trinajstić information content (AvgIpc) is 2.96. The molecule has 3 aromatic carbocycles. The van der Waals surface area contributed by atoms with E-state index in [1.807, 2.05) is 73.7 Å². The van der Waals surface area contributed by atoms with E-state index in [0.717, 1.165) is 46.6 Å². The number of sulfonamides is 1. The van der Waals surface area contributed by atoms with E-state index in [4.69, 9.17) is 0 Å². The molecular formula is C33H35N3O3S. The van der Waals surface area contributed by atoms with Crippen LogP contribution in [0, 0.1) is 6.92 Å². The number of hydrogen-bond acceptors (Lipinski definition) is 4. The number of carbonyl (C=O) groups excluding carboxylic acids is 1. The zero-order valence-corrected chi connectivity index (χ0v) is 23.8. The highest BCUT2D eigenvalue weighted by atomic mass is 32.2. The van der Waals surface area contributed by atoms with Gasteiger partial charge in [-0.1, -0.05) is 67.6 Å². The fourth-order valence-corrected chi connectivity index (χ4v) is 6.65. The molecule has 1 aromatic heterocycles. The summed E-state index contributed by atoms with van der Waals surface area (Å²) in [5.74, 6) is 0.0431. The first-order valence-electron chi connectivity index (χ1n) is 13.8. The summed E-state index contributed by atoms with van der Waals surface area (Å²) in [5, 5.41) is 0. The van der Waals surface area contributed by atoms with Gasteiger partial charge in [0.2, 0.25) is 15.9 Å². The molecule has 6 nitrogen and oxygen atoms in total. The largest absolute Gasteiger partial charge is 0.306 e. The number of nitrogens with one attached hydrogen (secondary N) is 1. The minimum atomic E-state index is -3.69. The number of amides is 1. The Balaban J connectivity index is 1.47. The van der Waals surface area contributed by atoms with E-state index in [9.17, 15) is 13.2 Å². The molecule has 2 atom stereocenters. The van der Waals surface area contributed by atoms with Crippen molar-refractivity contribution in [3.8, 4) is 0 Å². The van der Waals surface area contributed by atoms with Crippen LogP contribution in [-0.2, 0) is 27.8 Å². The number of benzene rings is 3. The Hall–Kier alpha value is -3.81. The van der Waals surface area contributed by atoms with Crippen LogP contribution in [0.25, 0.3) is 0 Å². The van der Waals surface area contributed by atoms with Crippen LogP contribution in [0.5, 0.6) is 0 Å². The van der Waals surface area contributed by atoms with Gasteiger partial charge in [-0.05, 0) is 85.2 Å². The first kappa shape index (κ1) is 27.7. The molecule has 1 aliphatic carbocycles. The topological polar surface area (TPSA) is 79.4 Å². The minimum absolute atomic E-state index is 0.00293. The van der Waals surface area contributed by atoms with Crippen LogP contribution >= 0.6 is 0 Å². The van der Waals surface area contributed by atoms with Gasteiger partial charge in [0.15, 0.2) is 0 Å². The minimum Gasteiger partial charge on any atom is -0.306 e. The number of hydrogen-bond donors (Lipinski definition) is 1. The van der Waals surface area contributed by atoms with Crippen LogP contribution in [0.1, 0.15) is 66.2 Å². The summed E-state index contributed by atoms with van der Waals surface area (Å²) in [6.07, 6.45) is 2.80. The zero-order valence-electron chi connectivity index (χ0n) is 23.0. The van der Waals surface area contributed by atoms with Gasteiger partial charge in [0.25, 0.3) is 0 Å². The van der Waals surface area contributed by atoms with Gasteiger partial charge in [-0.15, -0.1) is 0 Å². The molecule has 0 saturated carbocycles. The Labute approximate surface area is 237 Å². The highest BCUT2D eigenvalue weighted by Gasteiger charge is 2.28. The summed E-state index contributed by atoms with van der Waals surface area (Å²) in [5.41, 5.74) is 5.59. The maximum absolute atomic E-state index is 13.9. The summed E-state index contributed by atoms with van der Waals surface area (Å²) in [7, 11) is -3.69. The zero-order chi connectivity index (χ0) is 28.1. The molecule has 0 fully saturated rings. The molecule has 1 N–H and O–H groups in total. The fourth-order valence-electron chi connectivity index (χ4n) is 5.38. The molecule has 0 bridgehead atoms. The maximum atomic E-state index is 13.9. The Kier molecular flexibility index (Phi) is 8.43. The molecule has 1 aliphatic rings. The molecule has 4 aromatic rings. The summed E-state index contributed by atoms with van der Waals surface area (Å²) in [6.45, 7) is 4.34. The van der Waals surface area contributed by atoms with Crippen molar-refractivity contribution < 1.29 is 13.2 Å². The van der Waals surface area contributed by atoms with Gasteiger partial charge in [0.05, 0.1) is 17.1 Å². The first-order chi connectivity index (χ1) is 19.3. The van der Waals surface area contributed by atoms with Crippen molar-refractivity contribution in [1.29, 1.82) is 0 Å². The molecule has 7 heteroatoms. The molecule has 0 radical (unpaired) electrons.